The van der Waals surface area contributed by atoms with Crippen LogP contribution in [-0.2, 0) is 9.53 Å². The quantitative estimate of drug-likeness (QED) is 0.425. The summed E-state index contributed by atoms with van der Waals surface area (Å²) in [4.78, 5) is 31.8. The Labute approximate surface area is 216 Å². The fourth-order valence-corrected chi connectivity index (χ4v) is 5.23. The Morgan fingerprint density at radius 3 is 2.51 bits per heavy atom. The number of allylic oxidation sites excluding steroid dienone is 1. The molecule has 0 amide bonds. The van der Waals surface area contributed by atoms with E-state index in [9.17, 15) is 9.59 Å². The first-order valence-corrected chi connectivity index (χ1v) is 12.7. The van der Waals surface area contributed by atoms with Crippen LogP contribution in [0.2, 0.25) is 10.0 Å². The van der Waals surface area contributed by atoms with Gasteiger partial charge in [0.2, 0.25) is 0 Å². The minimum absolute atomic E-state index is 0.0516. The molecule has 2 heterocycles. The molecule has 9 heteroatoms. The van der Waals surface area contributed by atoms with E-state index in [1.54, 1.807) is 62.4 Å². The van der Waals surface area contributed by atoms with E-state index in [0.717, 1.165) is 5.56 Å². The number of aromatic nitrogens is 1. The van der Waals surface area contributed by atoms with Crippen LogP contribution in [0.25, 0.3) is 6.08 Å². The van der Waals surface area contributed by atoms with Gasteiger partial charge in [-0.05, 0) is 69.7 Å². The molecule has 0 N–H and O–H groups in total. The fraction of sp³-hybridized carbons (Fsp3) is 0.269. The molecule has 1 aromatic heterocycles. The number of thiazole rings is 1. The Morgan fingerprint density at radius 1 is 1.17 bits per heavy atom. The number of halogens is 2. The second-order valence-corrected chi connectivity index (χ2v) is 10.1. The average molecular weight is 531 g/mol. The van der Waals surface area contributed by atoms with Gasteiger partial charge in [0.1, 0.15) is 5.75 Å². The van der Waals surface area contributed by atoms with Crippen molar-refractivity contribution in [2.45, 2.75) is 39.8 Å². The highest BCUT2D eigenvalue weighted by Crippen LogP contribution is 2.31. The Kier molecular flexibility index (Phi) is 7.50. The molecule has 1 aliphatic rings. The Bertz CT molecular complexity index is 1490. The molecule has 1 aliphatic heterocycles. The molecule has 0 saturated heterocycles. The predicted octanol–water partition coefficient (Wildman–Crippen LogP) is 4.89. The summed E-state index contributed by atoms with van der Waals surface area (Å²) in [5, 5.41) is 1.08. The maximum absolute atomic E-state index is 13.7. The highest BCUT2D eigenvalue weighted by atomic mass is 35.5. The molecule has 3 aromatic rings. The Hall–Kier alpha value is -2.87. The zero-order chi connectivity index (χ0) is 25.3. The van der Waals surface area contributed by atoms with E-state index in [4.69, 9.17) is 32.7 Å². The van der Waals surface area contributed by atoms with Crippen LogP contribution >= 0.6 is 34.5 Å². The second-order valence-electron chi connectivity index (χ2n) is 8.20. The molecule has 0 fully saturated rings. The van der Waals surface area contributed by atoms with Gasteiger partial charge in [0.05, 0.1) is 34.6 Å². The lowest BCUT2D eigenvalue weighted by Gasteiger charge is -2.24. The van der Waals surface area contributed by atoms with Crippen molar-refractivity contribution < 1.29 is 14.3 Å². The number of ether oxygens (including phenoxy) is 2. The number of carbonyl (C=O) groups is 1. The first-order valence-electron chi connectivity index (χ1n) is 11.1. The van der Waals surface area contributed by atoms with Gasteiger partial charge < -0.3 is 9.47 Å². The second kappa shape index (κ2) is 10.4. The van der Waals surface area contributed by atoms with Crippen LogP contribution in [0.1, 0.15) is 44.9 Å². The number of carbonyl (C=O) groups excluding carboxylic acids is 1. The third-order valence-corrected chi connectivity index (χ3v) is 6.79. The smallest absolute Gasteiger partial charge is 0.338 e. The van der Waals surface area contributed by atoms with Gasteiger partial charge in [-0.1, -0.05) is 46.7 Å². The summed E-state index contributed by atoms with van der Waals surface area (Å²) in [6, 6.07) is 11.6. The fourth-order valence-electron chi connectivity index (χ4n) is 3.89. The summed E-state index contributed by atoms with van der Waals surface area (Å²) in [6.45, 7) is 7.55. The van der Waals surface area contributed by atoms with Gasteiger partial charge in [0, 0.05) is 15.6 Å². The van der Waals surface area contributed by atoms with Crippen LogP contribution < -0.4 is 19.6 Å². The number of rotatable bonds is 6. The van der Waals surface area contributed by atoms with Crippen LogP contribution in [0.15, 0.2) is 63.5 Å². The van der Waals surface area contributed by atoms with Gasteiger partial charge in [-0.3, -0.25) is 9.36 Å². The van der Waals surface area contributed by atoms with Crippen molar-refractivity contribution in [2.75, 3.05) is 6.61 Å². The van der Waals surface area contributed by atoms with E-state index < -0.39 is 12.0 Å². The van der Waals surface area contributed by atoms with Gasteiger partial charge in [-0.2, -0.15) is 0 Å². The largest absolute Gasteiger partial charge is 0.490 e. The maximum Gasteiger partial charge on any atom is 0.338 e. The van der Waals surface area contributed by atoms with Crippen molar-refractivity contribution in [3.8, 4) is 5.75 Å². The van der Waals surface area contributed by atoms with Crippen molar-refractivity contribution in [3.05, 3.63) is 94.6 Å². The first-order chi connectivity index (χ1) is 16.7. The third-order valence-electron chi connectivity index (χ3n) is 5.32. The van der Waals surface area contributed by atoms with Crippen molar-refractivity contribution in [2.24, 2.45) is 4.99 Å². The Morgan fingerprint density at radius 2 is 1.86 bits per heavy atom. The molecule has 0 spiro atoms. The topological polar surface area (TPSA) is 69.9 Å². The Balaban J connectivity index is 1.95. The molecule has 1 atom stereocenters. The molecule has 0 radical (unpaired) electrons. The van der Waals surface area contributed by atoms with Crippen molar-refractivity contribution in [3.63, 3.8) is 0 Å². The number of benzene rings is 2. The summed E-state index contributed by atoms with van der Waals surface area (Å²) < 4.78 is 13.2. The third kappa shape index (κ3) is 5.22. The lowest BCUT2D eigenvalue weighted by atomic mass is 9.96. The summed E-state index contributed by atoms with van der Waals surface area (Å²) in [5.74, 6) is 0.110. The van der Waals surface area contributed by atoms with Crippen LogP contribution in [-0.4, -0.2) is 23.2 Å². The molecule has 0 unspecified atom stereocenters. The zero-order valence-electron chi connectivity index (χ0n) is 19.7. The van der Waals surface area contributed by atoms with Gasteiger partial charge in [0.25, 0.3) is 5.56 Å². The van der Waals surface area contributed by atoms with Gasteiger partial charge in [-0.25, -0.2) is 9.79 Å². The highest BCUT2D eigenvalue weighted by Gasteiger charge is 2.33. The molecule has 35 heavy (non-hydrogen) atoms. The van der Waals surface area contributed by atoms with E-state index in [1.807, 2.05) is 13.8 Å². The van der Waals surface area contributed by atoms with Crippen LogP contribution in [0.3, 0.4) is 0 Å². The lowest BCUT2D eigenvalue weighted by molar-refractivity contribution is -0.139. The highest BCUT2D eigenvalue weighted by molar-refractivity contribution is 7.07. The van der Waals surface area contributed by atoms with Crippen LogP contribution in [0.4, 0.5) is 0 Å². The maximum atomic E-state index is 13.7. The lowest BCUT2D eigenvalue weighted by Crippen LogP contribution is -2.39. The van der Waals surface area contributed by atoms with Crippen LogP contribution in [0.5, 0.6) is 5.75 Å². The number of hydrogen-bond acceptors (Lipinski definition) is 6. The zero-order valence-corrected chi connectivity index (χ0v) is 22.0. The SMILES string of the molecule is CCOC(=O)C1=C(C)N=c2s/c(=C/c3cc(Cl)ccc3OC(C)C)c(=O)n2[C@H]1c1ccc(Cl)cc1. The molecule has 0 aliphatic carbocycles. The van der Waals surface area contributed by atoms with E-state index in [1.165, 1.54) is 15.9 Å². The minimum atomic E-state index is -0.699. The minimum Gasteiger partial charge on any atom is -0.490 e. The van der Waals surface area contributed by atoms with Gasteiger partial charge in [-0.15, -0.1) is 0 Å². The van der Waals surface area contributed by atoms with Crippen LogP contribution in [0, 0.1) is 0 Å². The van der Waals surface area contributed by atoms with Crippen molar-refractivity contribution in [1.82, 2.24) is 4.57 Å². The number of fused-ring (bicyclic) bond motifs is 1. The summed E-state index contributed by atoms with van der Waals surface area (Å²) in [6.07, 6.45) is 1.69. The normalized spacial score (nSPS) is 15.7. The average Bonchev–Trinajstić information content (AvgIpc) is 3.09. The molecular weight excluding hydrogens is 507 g/mol. The standard InChI is InChI=1S/C26H24Cl2N2O4S/c1-5-33-25(32)22-15(4)29-26-30(23(22)16-6-8-18(27)9-7-16)24(31)21(35-26)13-17-12-19(28)10-11-20(17)34-14(2)3/h6-14,23H,5H2,1-4H3/b21-13+/t23-/m0/s1. The first kappa shape index (κ1) is 25.2. The van der Waals surface area contributed by atoms with E-state index in [-0.39, 0.29) is 18.3 Å². The number of hydrogen-bond donors (Lipinski definition) is 0. The molecule has 0 bridgehead atoms. The molecular formula is C26H24Cl2N2O4S. The molecule has 2 aromatic carbocycles. The molecule has 0 saturated carbocycles. The summed E-state index contributed by atoms with van der Waals surface area (Å²) in [5.41, 5.74) is 1.95. The van der Waals surface area contributed by atoms with Crippen molar-refractivity contribution in [1.29, 1.82) is 0 Å². The van der Waals surface area contributed by atoms with E-state index >= 15 is 0 Å². The van der Waals surface area contributed by atoms with E-state index in [2.05, 4.69) is 4.99 Å². The molecule has 4 rings (SSSR count). The predicted molar refractivity (Wildman–Crippen MR) is 139 cm³/mol. The summed E-state index contributed by atoms with van der Waals surface area (Å²) in [7, 11) is 0. The van der Waals surface area contributed by atoms with Gasteiger partial charge >= 0.3 is 5.97 Å². The number of nitrogens with zero attached hydrogens (tertiary/aromatic N) is 2. The van der Waals surface area contributed by atoms with Crippen molar-refractivity contribution >= 4 is 46.6 Å². The van der Waals surface area contributed by atoms with E-state index in [0.29, 0.717) is 42.0 Å². The summed E-state index contributed by atoms with van der Waals surface area (Å²) >= 11 is 13.6. The monoisotopic (exact) mass is 530 g/mol. The molecule has 6 nitrogen and oxygen atoms in total. The molecule has 182 valence electrons. The van der Waals surface area contributed by atoms with Gasteiger partial charge in [0.15, 0.2) is 4.80 Å². The number of esters is 1.